The lowest BCUT2D eigenvalue weighted by Crippen LogP contribution is -2.37. The van der Waals surface area contributed by atoms with Crippen LogP contribution < -0.4 is 15.3 Å². The molecule has 1 unspecified atom stereocenters. The number of benzene rings is 2. The van der Waals surface area contributed by atoms with Crippen molar-refractivity contribution in [3.63, 3.8) is 0 Å². The largest absolute Gasteiger partial charge is 0.444 e. The summed E-state index contributed by atoms with van der Waals surface area (Å²) < 4.78 is 45.0. The Labute approximate surface area is 190 Å². The molecule has 0 aliphatic carbocycles. The van der Waals surface area contributed by atoms with Crippen LogP contribution in [0.15, 0.2) is 48.5 Å². The highest BCUT2D eigenvalue weighted by Crippen LogP contribution is 2.32. The average Bonchev–Trinajstić information content (AvgIpc) is 3.02. The van der Waals surface area contributed by atoms with Crippen LogP contribution in [0.2, 0.25) is 0 Å². The van der Waals surface area contributed by atoms with E-state index < -0.39 is 30.2 Å². The van der Waals surface area contributed by atoms with Crippen molar-refractivity contribution in [2.75, 3.05) is 29.5 Å². The number of para-hydroxylation sites is 1. The molecule has 1 amide bonds. The van der Waals surface area contributed by atoms with Crippen LogP contribution in [0.4, 0.5) is 29.3 Å². The third kappa shape index (κ3) is 5.47. The monoisotopic (exact) mass is 461 g/mol. The number of amides is 1. The van der Waals surface area contributed by atoms with E-state index in [9.17, 15) is 18.4 Å². The van der Waals surface area contributed by atoms with E-state index in [1.807, 2.05) is 30.3 Å². The maximum atomic E-state index is 15.1. The van der Waals surface area contributed by atoms with E-state index in [1.54, 1.807) is 12.1 Å². The van der Waals surface area contributed by atoms with Crippen LogP contribution in [0, 0.1) is 5.82 Å². The number of hydrogen-bond acceptors (Lipinski definition) is 5. The summed E-state index contributed by atoms with van der Waals surface area (Å²) in [5.74, 6) is -1.54. The minimum absolute atomic E-state index is 0.0129. The summed E-state index contributed by atoms with van der Waals surface area (Å²) in [7, 11) is 0. The molecule has 2 aromatic rings. The lowest BCUT2D eigenvalue weighted by atomic mass is 9.92. The highest BCUT2D eigenvalue weighted by Gasteiger charge is 2.33. The van der Waals surface area contributed by atoms with Crippen LogP contribution in [0.5, 0.6) is 0 Å². The molecular weight excluding hydrogens is 435 g/mol. The van der Waals surface area contributed by atoms with Gasteiger partial charge in [-0.3, -0.25) is 9.69 Å². The average molecular weight is 461 g/mol. The highest BCUT2D eigenvalue weighted by atomic mass is 19.3. The Morgan fingerprint density at radius 3 is 2.64 bits per heavy atom. The zero-order valence-corrected chi connectivity index (χ0v) is 18.1. The minimum Gasteiger partial charge on any atom is -0.444 e. The molecule has 0 spiro atoms. The Bertz CT molecular complexity index is 989. The fraction of sp³-hybridized carbons (Fsp3) is 0.417. The quantitative estimate of drug-likeness (QED) is 0.650. The van der Waals surface area contributed by atoms with E-state index in [0.717, 1.165) is 25.1 Å². The van der Waals surface area contributed by atoms with E-state index in [4.69, 9.17) is 4.74 Å². The van der Waals surface area contributed by atoms with Crippen molar-refractivity contribution < 1.29 is 27.5 Å². The van der Waals surface area contributed by atoms with Gasteiger partial charge in [-0.1, -0.05) is 24.3 Å². The summed E-state index contributed by atoms with van der Waals surface area (Å²) in [5.41, 5.74) is 5.39. The lowest BCUT2D eigenvalue weighted by Gasteiger charge is -2.23. The first-order valence-corrected chi connectivity index (χ1v) is 11.1. The van der Waals surface area contributed by atoms with Gasteiger partial charge >= 0.3 is 6.09 Å². The first kappa shape index (κ1) is 23.1. The van der Waals surface area contributed by atoms with Crippen molar-refractivity contribution >= 4 is 23.3 Å². The van der Waals surface area contributed by atoms with Gasteiger partial charge in [0.25, 0.3) is 6.43 Å². The number of carbonyl (C=O) groups is 2. The van der Waals surface area contributed by atoms with Crippen molar-refractivity contribution in [3.05, 3.63) is 59.9 Å². The fourth-order valence-corrected chi connectivity index (χ4v) is 4.33. The molecular formula is C24H26F3N3O3. The normalized spacial score (nSPS) is 21.3. The van der Waals surface area contributed by atoms with Crippen molar-refractivity contribution in [2.24, 2.45) is 0 Å². The maximum absolute atomic E-state index is 15.1. The van der Waals surface area contributed by atoms with Gasteiger partial charge in [0.15, 0.2) is 5.78 Å². The summed E-state index contributed by atoms with van der Waals surface area (Å²) in [5, 5.41) is 2.07. The van der Waals surface area contributed by atoms with Crippen molar-refractivity contribution in [1.82, 2.24) is 5.43 Å². The number of nitrogens with zero attached hydrogens (tertiary/aromatic N) is 2. The van der Waals surface area contributed by atoms with Crippen molar-refractivity contribution in [2.45, 2.75) is 44.1 Å². The smallest absolute Gasteiger partial charge is 0.414 e. The van der Waals surface area contributed by atoms with E-state index in [-0.39, 0.29) is 25.3 Å². The molecule has 0 bridgehead atoms. The molecule has 2 aromatic carbocycles. The third-order valence-corrected chi connectivity index (χ3v) is 6.13. The van der Waals surface area contributed by atoms with Gasteiger partial charge in [0.2, 0.25) is 0 Å². The zero-order chi connectivity index (χ0) is 23.4. The number of Topliss-reactive ketones (excluding diaryl/α,β-unsaturated/α-hetero) is 1. The van der Waals surface area contributed by atoms with Gasteiger partial charge in [-0.15, -0.1) is 0 Å². The molecule has 0 saturated carbocycles. The molecule has 9 heteroatoms. The SMILES string of the molecule is O=C(CC[C@H]1CN(c2ccc(C3CCNN(c4ccccc4)CC3)c(F)c2)C(=O)O1)C(F)F. The van der Waals surface area contributed by atoms with E-state index in [0.29, 0.717) is 17.8 Å². The summed E-state index contributed by atoms with van der Waals surface area (Å²) in [6.45, 7) is 1.53. The highest BCUT2D eigenvalue weighted by molar-refractivity contribution is 5.90. The standard InChI is InChI=1S/C24H26F3N3O3/c25-21-14-18(29-15-19(33-24(29)32)7-9-22(31)23(26)27)6-8-20(21)16-10-12-28-30(13-11-16)17-4-2-1-3-5-17/h1-6,8,14,16,19,23,28H,7,9-13,15H2/t16?,19-/m0/s1. The summed E-state index contributed by atoms with van der Waals surface area (Å²) in [4.78, 5) is 24.6. The molecule has 176 valence electrons. The molecule has 2 saturated heterocycles. The first-order valence-electron chi connectivity index (χ1n) is 11.1. The van der Waals surface area contributed by atoms with E-state index >= 15 is 4.39 Å². The fourth-order valence-electron chi connectivity index (χ4n) is 4.33. The third-order valence-electron chi connectivity index (χ3n) is 6.13. The maximum Gasteiger partial charge on any atom is 0.414 e. The number of carbonyl (C=O) groups excluding carboxylic acids is 2. The van der Waals surface area contributed by atoms with Gasteiger partial charge in [0, 0.05) is 19.5 Å². The number of hydrazine groups is 1. The minimum atomic E-state index is -3.03. The number of alkyl halides is 2. The van der Waals surface area contributed by atoms with Gasteiger partial charge in [-0.2, -0.15) is 0 Å². The number of cyclic esters (lactones) is 1. The zero-order valence-electron chi connectivity index (χ0n) is 18.1. The summed E-state index contributed by atoms with van der Waals surface area (Å²) >= 11 is 0. The molecule has 2 heterocycles. The predicted octanol–water partition coefficient (Wildman–Crippen LogP) is 4.65. The van der Waals surface area contributed by atoms with Crippen molar-refractivity contribution in [1.29, 1.82) is 0 Å². The van der Waals surface area contributed by atoms with Crippen LogP contribution in [0.1, 0.15) is 37.2 Å². The number of ketones is 1. The second-order valence-electron chi connectivity index (χ2n) is 8.30. The number of ether oxygens (including phenoxy) is 1. The number of nitrogens with one attached hydrogen (secondary N) is 1. The van der Waals surface area contributed by atoms with Crippen LogP contribution in [-0.4, -0.2) is 44.0 Å². The molecule has 0 aromatic heterocycles. The van der Waals surface area contributed by atoms with E-state index in [2.05, 4.69) is 10.4 Å². The van der Waals surface area contributed by atoms with Gasteiger partial charge in [-0.05, 0) is 55.0 Å². The number of halogens is 3. The molecule has 6 nitrogen and oxygen atoms in total. The van der Waals surface area contributed by atoms with Crippen molar-refractivity contribution in [3.8, 4) is 0 Å². The molecule has 2 atom stereocenters. The Hall–Kier alpha value is -3.07. The summed E-state index contributed by atoms with van der Waals surface area (Å²) in [6, 6.07) is 14.7. The van der Waals surface area contributed by atoms with Crippen LogP contribution in [0.3, 0.4) is 0 Å². The molecule has 0 radical (unpaired) electrons. The molecule has 2 aliphatic heterocycles. The van der Waals surface area contributed by atoms with E-state index in [1.165, 1.54) is 11.0 Å². The number of hydrogen-bond donors (Lipinski definition) is 1. The number of anilines is 2. The lowest BCUT2D eigenvalue weighted by molar-refractivity contribution is -0.129. The van der Waals surface area contributed by atoms with Gasteiger partial charge < -0.3 is 9.75 Å². The van der Waals surface area contributed by atoms with Crippen LogP contribution in [-0.2, 0) is 9.53 Å². The topological polar surface area (TPSA) is 61.9 Å². The molecule has 1 N–H and O–H groups in total. The molecule has 2 fully saturated rings. The van der Waals surface area contributed by atoms with Crippen LogP contribution in [0.25, 0.3) is 0 Å². The first-order chi connectivity index (χ1) is 15.9. The molecule has 33 heavy (non-hydrogen) atoms. The Morgan fingerprint density at radius 2 is 1.91 bits per heavy atom. The summed E-state index contributed by atoms with van der Waals surface area (Å²) in [6.07, 6.45) is -3.20. The number of rotatable bonds is 7. The van der Waals surface area contributed by atoms with Gasteiger partial charge in [0.05, 0.1) is 17.9 Å². The molecule has 2 aliphatic rings. The predicted molar refractivity (Wildman–Crippen MR) is 118 cm³/mol. The second-order valence-corrected chi connectivity index (χ2v) is 8.30. The molecule has 4 rings (SSSR count). The Balaban J connectivity index is 1.39. The Kier molecular flexibility index (Phi) is 7.17. The van der Waals surface area contributed by atoms with Gasteiger partial charge in [0.1, 0.15) is 11.9 Å². The van der Waals surface area contributed by atoms with Crippen LogP contribution >= 0.6 is 0 Å². The second kappa shape index (κ2) is 10.2. The Morgan fingerprint density at radius 1 is 1.12 bits per heavy atom. The van der Waals surface area contributed by atoms with Gasteiger partial charge in [-0.25, -0.2) is 23.4 Å².